The summed E-state index contributed by atoms with van der Waals surface area (Å²) in [5, 5.41) is 9.39. The first-order valence-electron chi connectivity index (χ1n) is 9.60. The number of carbonyl (C=O) groups is 2. The Morgan fingerprint density at radius 2 is 1.68 bits per heavy atom. The highest BCUT2D eigenvalue weighted by Crippen LogP contribution is 2.19. The molecule has 0 spiro atoms. The highest BCUT2D eigenvalue weighted by molar-refractivity contribution is 6.05. The Bertz CT molecular complexity index is 1180. The van der Waals surface area contributed by atoms with Crippen molar-refractivity contribution in [2.45, 2.75) is 6.54 Å². The zero-order chi connectivity index (χ0) is 21.5. The van der Waals surface area contributed by atoms with E-state index in [1.54, 1.807) is 42.5 Å². The van der Waals surface area contributed by atoms with Gasteiger partial charge >= 0.3 is 0 Å². The van der Waals surface area contributed by atoms with E-state index >= 15 is 0 Å². The highest BCUT2D eigenvalue weighted by atomic mass is 16.5. The number of hydrogen-bond donors (Lipinski definition) is 2. The summed E-state index contributed by atoms with van der Waals surface area (Å²) in [4.78, 5) is 25.3. The minimum absolute atomic E-state index is 0.0515. The van der Waals surface area contributed by atoms with Crippen LogP contribution in [0.3, 0.4) is 0 Å². The molecule has 4 rings (SSSR count). The summed E-state index contributed by atoms with van der Waals surface area (Å²) in [6.45, 7) is 0.131. The fraction of sp³-hybridized carbons (Fsp3) is 0.0417. The molecule has 2 aromatic heterocycles. The first-order chi connectivity index (χ1) is 15.2. The summed E-state index contributed by atoms with van der Waals surface area (Å²) in [5.74, 6) is 0.159. The number of aromatic nitrogens is 1. The van der Waals surface area contributed by atoms with Gasteiger partial charge in [-0.1, -0.05) is 53.7 Å². The minimum atomic E-state index is -0.482. The molecular formula is C24H19N3O4. The highest BCUT2D eigenvalue weighted by Gasteiger charge is 2.16. The van der Waals surface area contributed by atoms with E-state index in [2.05, 4.69) is 15.8 Å². The Kier molecular flexibility index (Phi) is 6.04. The number of benzene rings is 2. The third-order valence-corrected chi connectivity index (χ3v) is 4.41. The minimum Gasteiger partial charge on any atom is -0.465 e. The molecule has 0 fully saturated rings. The van der Waals surface area contributed by atoms with E-state index in [-0.39, 0.29) is 12.2 Å². The van der Waals surface area contributed by atoms with E-state index < -0.39 is 11.8 Å². The zero-order valence-electron chi connectivity index (χ0n) is 16.4. The molecule has 0 atom stereocenters. The van der Waals surface area contributed by atoms with Crippen molar-refractivity contribution in [2.24, 2.45) is 0 Å². The molecule has 0 saturated carbocycles. The van der Waals surface area contributed by atoms with Crippen LogP contribution in [0.1, 0.15) is 21.8 Å². The van der Waals surface area contributed by atoms with Crippen LogP contribution in [-0.4, -0.2) is 17.0 Å². The van der Waals surface area contributed by atoms with Crippen molar-refractivity contribution in [3.8, 4) is 11.3 Å². The molecule has 0 radical (unpaired) electrons. The predicted molar refractivity (Wildman–Crippen MR) is 114 cm³/mol. The van der Waals surface area contributed by atoms with E-state index in [1.165, 1.54) is 12.3 Å². The van der Waals surface area contributed by atoms with Gasteiger partial charge in [0, 0.05) is 23.3 Å². The van der Waals surface area contributed by atoms with Gasteiger partial charge in [-0.15, -0.1) is 0 Å². The van der Waals surface area contributed by atoms with Crippen molar-refractivity contribution < 1.29 is 18.5 Å². The van der Waals surface area contributed by atoms with Crippen LogP contribution in [0, 0.1) is 0 Å². The largest absolute Gasteiger partial charge is 0.465 e. The van der Waals surface area contributed by atoms with E-state index in [4.69, 9.17) is 8.94 Å². The Morgan fingerprint density at radius 3 is 2.39 bits per heavy atom. The van der Waals surface area contributed by atoms with Gasteiger partial charge in [-0.25, -0.2) is 0 Å². The summed E-state index contributed by atoms with van der Waals surface area (Å²) in [6, 6.07) is 23.3. The van der Waals surface area contributed by atoms with Crippen LogP contribution in [-0.2, 0) is 11.3 Å². The average molecular weight is 413 g/mol. The van der Waals surface area contributed by atoms with Gasteiger partial charge in [-0.05, 0) is 24.3 Å². The molecule has 0 aliphatic carbocycles. The molecule has 31 heavy (non-hydrogen) atoms. The lowest BCUT2D eigenvalue weighted by Gasteiger charge is -2.10. The summed E-state index contributed by atoms with van der Waals surface area (Å²) in [5.41, 5.74) is 1.93. The molecule has 2 heterocycles. The number of nitrogens with zero attached hydrogens (tertiary/aromatic N) is 1. The average Bonchev–Trinajstić information content (AvgIpc) is 3.50. The van der Waals surface area contributed by atoms with Crippen LogP contribution in [0.4, 0.5) is 0 Å². The lowest BCUT2D eigenvalue weighted by atomic mass is 10.1. The summed E-state index contributed by atoms with van der Waals surface area (Å²) >= 11 is 0. The maximum absolute atomic E-state index is 12.8. The lowest BCUT2D eigenvalue weighted by Crippen LogP contribution is -2.34. The molecule has 0 saturated heterocycles. The number of amides is 2. The van der Waals surface area contributed by atoms with Crippen LogP contribution in [0.2, 0.25) is 0 Å². The second-order valence-electron chi connectivity index (χ2n) is 6.62. The quantitative estimate of drug-likeness (QED) is 0.446. The van der Waals surface area contributed by atoms with Crippen molar-refractivity contribution in [1.82, 2.24) is 15.8 Å². The van der Waals surface area contributed by atoms with Gasteiger partial charge in [-0.2, -0.15) is 0 Å². The van der Waals surface area contributed by atoms with Gasteiger partial charge in [0.1, 0.15) is 17.2 Å². The van der Waals surface area contributed by atoms with E-state index in [0.717, 1.165) is 5.56 Å². The van der Waals surface area contributed by atoms with Gasteiger partial charge in [0.05, 0.1) is 12.8 Å². The molecule has 0 aliphatic heterocycles. The second-order valence-corrected chi connectivity index (χ2v) is 6.62. The molecule has 154 valence electrons. The molecule has 7 nitrogen and oxygen atoms in total. The first-order valence-corrected chi connectivity index (χ1v) is 9.60. The van der Waals surface area contributed by atoms with Crippen LogP contribution in [0.5, 0.6) is 0 Å². The maximum Gasteiger partial charge on any atom is 0.268 e. The smallest absolute Gasteiger partial charge is 0.268 e. The van der Waals surface area contributed by atoms with Crippen LogP contribution < -0.4 is 10.6 Å². The fourth-order valence-corrected chi connectivity index (χ4v) is 2.86. The van der Waals surface area contributed by atoms with Gasteiger partial charge in [0.2, 0.25) is 0 Å². The van der Waals surface area contributed by atoms with Crippen LogP contribution in [0.25, 0.3) is 17.4 Å². The van der Waals surface area contributed by atoms with E-state index in [1.807, 2.05) is 36.4 Å². The van der Waals surface area contributed by atoms with Crippen LogP contribution >= 0.6 is 0 Å². The molecule has 0 unspecified atom stereocenters. The molecule has 0 aliphatic rings. The normalized spacial score (nSPS) is 11.2. The van der Waals surface area contributed by atoms with Crippen molar-refractivity contribution in [1.29, 1.82) is 0 Å². The third kappa shape index (κ3) is 5.16. The van der Waals surface area contributed by atoms with Crippen LogP contribution in [0.15, 0.2) is 99.8 Å². The molecule has 2 amide bonds. The SMILES string of the molecule is O=C(NCc1cc(-c2ccccc2)on1)/C(=C/c1ccco1)NC(=O)c1ccccc1. The van der Waals surface area contributed by atoms with Gasteiger partial charge in [-0.3, -0.25) is 9.59 Å². The van der Waals surface area contributed by atoms with Crippen molar-refractivity contribution in [3.05, 3.63) is 108 Å². The first kappa shape index (κ1) is 19.9. The topological polar surface area (TPSA) is 97.4 Å². The molecule has 7 heteroatoms. The van der Waals surface area contributed by atoms with Crippen molar-refractivity contribution in [2.75, 3.05) is 0 Å². The molecule has 0 bridgehead atoms. The number of nitrogens with one attached hydrogen (secondary N) is 2. The number of rotatable bonds is 7. The lowest BCUT2D eigenvalue weighted by molar-refractivity contribution is -0.117. The summed E-state index contributed by atoms with van der Waals surface area (Å²) < 4.78 is 10.6. The van der Waals surface area contributed by atoms with E-state index in [0.29, 0.717) is 22.8 Å². The Balaban J connectivity index is 1.46. The Morgan fingerprint density at radius 1 is 0.935 bits per heavy atom. The monoisotopic (exact) mass is 413 g/mol. The molecule has 4 aromatic rings. The molecule has 2 N–H and O–H groups in total. The number of hydrogen-bond acceptors (Lipinski definition) is 5. The second kappa shape index (κ2) is 9.41. The fourth-order valence-electron chi connectivity index (χ4n) is 2.86. The maximum atomic E-state index is 12.8. The van der Waals surface area contributed by atoms with Crippen molar-refractivity contribution >= 4 is 17.9 Å². The number of carbonyl (C=O) groups excluding carboxylic acids is 2. The summed E-state index contributed by atoms with van der Waals surface area (Å²) in [6.07, 6.45) is 2.95. The van der Waals surface area contributed by atoms with Gasteiger partial charge in [0.15, 0.2) is 5.76 Å². The third-order valence-electron chi connectivity index (χ3n) is 4.41. The zero-order valence-corrected chi connectivity index (χ0v) is 16.4. The van der Waals surface area contributed by atoms with E-state index in [9.17, 15) is 9.59 Å². The predicted octanol–water partition coefficient (Wildman–Crippen LogP) is 4.02. The Labute approximate surface area is 178 Å². The van der Waals surface area contributed by atoms with Crippen molar-refractivity contribution in [3.63, 3.8) is 0 Å². The molecular weight excluding hydrogens is 394 g/mol. The van der Waals surface area contributed by atoms with Gasteiger partial charge < -0.3 is 19.6 Å². The molecule has 2 aromatic carbocycles. The standard InChI is InChI=1S/C24H19N3O4/c28-23(18-10-5-2-6-11-18)26-21(15-20-12-7-13-30-20)24(29)25-16-19-14-22(31-27-19)17-8-3-1-4-9-17/h1-15H,16H2,(H,25,29)(H,26,28)/b21-15-. The Hall–Kier alpha value is -4.39. The number of furan rings is 1. The van der Waals surface area contributed by atoms with Gasteiger partial charge in [0.25, 0.3) is 11.8 Å². The summed E-state index contributed by atoms with van der Waals surface area (Å²) in [7, 11) is 0.